The first-order chi connectivity index (χ1) is 6.97. The van der Waals surface area contributed by atoms with E-state index in [1.807, 2.05) is 0 Å². The zero-order chi connectivity index (χ0) is 11.1. The van der Waals surface area contributed by atoms with Gasteiger partial charge in [-0.05, 0) is 0 Å². The number of nitrogens with two attached hydrogens (primary N) is 1. The Morgan fingerprint density at radius 1 is 1.53 bits per heavy atom. The Morgan fingerprint density at radius 3 is 2.73 bits per heavy atom. The first kappa shape index (κ1) is 9.80. The van der Waals surface area contributed by atoms with E-state index in [9.17, 15) is 8.42 Å². The summed E-state index contributed by atoms with van der Waals surface area (Å²) in [5, 5.41) is 10.4. The third kappa shape index (κ3) is 1.87. The van der Waals surface area contributed by atoms with E-state index in [2.05, 4.69) is 20.2 Å². The van der Waals surface area contributed by atoms with Crippen LogP contribution in [-0.4, -0.2) is 33.2 Å². The van der Waals surface area contributed by atoms with Crippen molar-refractivity contribution in [3.63, 3.8) is 0 Å². The molecule has 9 heteroatoms. The number of aromatic nitrogens is 5. The molecule has 2 aromatic heterocycles. The van der Waals surface area contributed by atoms with Crippen LogP contribution in [0.1, 0.15) is 0 Å². The van der Waals surface area contributed by atoms with Gasteiger partial charge in [0.15, 0.2) is 0 Å². The number of primary sulfonamides is 1. The van der Waals surface area contributed by atoms with E-state index >= 15 is 0 Å². The first-order valence-electron chi connectivity index (χ1n) is 3.90. The molecule has 2 aromatic rings. The topological polar surface area (TPSA) is 120 Å². The predicted octanol–water partition coefficient (Wildman–Crippen LogP) is -1.15. The van der Waals surface area contributed by atoms with Gasteiger partial charge in [-0.25, -0.2) is 23.6 Å². The van der Waals surface area contributed by atoms with Crippen molar-refractivity contribution in [3.8, 4) is 11.5 Å². The van der Waals surface area contributed by atoms with Crippen molar-refractivity contribution in [3.05, 3.63) is 12.5 Å². The van der Waals surface area contributed by atoms with E-state index in [-0.39, 0.29) is 11.0 Å². The van der Waals surface area contributed by atoms with Gasteiger partial charge in [-0.1, -0.05) is 0 Å². The molecule has 2 heterocycles. The number of hydrogen-bond donors (Lipinski definition) is 2. The number of aromatic amines is 1. The van der Waals surface area contributed by atoms with Crippen LogP contribution in [0.5, 0.6) is 0 Å². The normalized spacial score (nSPS) is 11.9. The number of imidazole rings is 1. The van der Waals surface area contributed by atoms with Gasteiger partial charge in [0.25, 0.3) is 15.2 Å². The second-order valence-corrected chi connectivity index (χ2v) is 4.41. The summed E-state index contributed by atoms with van der Waals surface area (Å²) in [6.07, 6.45) is 3.22. The fourth-order valence-corrected chi connectivity index (χ4v) is 1.40. The number of sulfonamides is 1. The fourth-order valence-electron chi connectivity index (χ4n) is 1.02. The minimum absolute atomic E-state index is 0.194. The Kier molecular flexibility index (Phi) is 2.05. The van der Waals surface area contributed by atoms with Crippen LogP contribution < -0.4 is 5.14 Å². The number of aryl methyl sites for hydroxylation is 1. The quantitative estimate of drug-likeness (QED) is 0.672. The SMILES string of the molecule is Cn1cnc(-c2n[nH]c(S(N)(=O)=O)n2)c1. The molecule has 0 aliphatic carbocycles. The summed E-state index contributed by atoms with van der Waals surface area (Å²) in [7, 11) is -2.07. The number of H-pyrrole nitrogens is 1. The maximum absolute atomic E-state index is 10.9. The molecule has 15 heavy (non-hydrogen) atoms. The summed E-state index contributed by atoms with van der Waals surface area (Å²) in [6.45, 7) is 0. The molecule has 0 amide bonds. The van der Waals surface area contributed by atoms with Crippen LogP contribution in [0.25, 0.3) is 11.5 Å². The Hall–Kier alpha value is -1.74. The summed E-state index contributed by atoms with van der Waals surface area (Å²) >= 11 is 0. The van der Waals surface area contributed by atoms with Gasteiger partial charge < -0.3 is 4.57 Å². The molecule has 0 aliphatic heterocycles. The second kappa shape index (κ2) is 3.14. The summed E-state index contributed by atoms with van der Waals surface area (Å²) in [5.74, 6) is 0.194. The predicted molar refractivity (Wildman–Crippen MR) is 50.0 cm³/mol. The molecule has 3 N–H and O–H groups in total. The molecule has 0 bridgehead atoms. The summed E-state index contributed by atoms with van der Waals surface area (Å²) in [4.78, 5) is 7.67. The van der Waals surface area contributed by atoms with Crippen LogP contribution in [0.4, 0.5) is 0 Å². The highest BCUT2D eigenvalue weighted by molar-refractivity contribution is 7.89. The maximum Gasteiger partial charge on any atom is 0.273 e. The lowest BCUT2D eigenvalue weighted by Crippen LogP contribution is -2.13. The molecule has 0 aliphatic rings. The van der Waals surface area contributed by atoms with Gasteiger partial charge in [0.1, 0.15) is 5.69 Å². The van der Waals surface area contributed by atoms with Crippen molar-refractivity contribution in [1.82, 2.24) is 24.7 Å². The first-order valence-corrected chi connectivity index (χ1v) is 5.45. The van der Waals surface area contributed by atoms with E-state index in [4.69, 9.17) is 5.14 Å². The minimum atomic E-state index is -3.85. The van der Waals surface area contributed by atoms with Crippen LogP contribution in [0, 0.1) is 0 Å². The Morgan fingerprint density at radius 2 is 2.27 bits per heavy atom. The molecule has 0 saturated carbocycles. The average Bonchev–Trinajstić information content (AvgIpc) is 2.69. The van der Waals surface area contributed by atoms with Gasteiger partial charge in [0.2, 0.25) is 5.82 Å². The van der Waals surface area contributed by atoms with Crippen LogP contribution in [-0.2, 0) is 17.1 Å². The molecule has 0 aromatic carbocycles. The number of hydrogen-bond acceptors (Lipinski definition) is 5. The van der Waals surface area contributed by atoms with Crippen molar-refractivity contribution >= 4 is 10.0 Å². The van der Waals surface area contributed by atoms with Gasteiger partial charge >= 0.3 is 0 Å². The molecular formula is C6H8N6O2S. The zero-order valence-corrected chi connectivity index (χ0v) is 8.56. The van der Waals surface area contributed by atoms with Gasteiger partial charge in [0, 0.05) is 13.2 Å². The number of rotatable bonds is 2. The highest BCUT2D eigenvalue weighted by Crippen LogP contribution is 2.11. The lowest BCUT2D eigenvalue weighted by molar-refractivity contribution is 0.589. The van der Waals surface area contributed by atoms with E-state index in [1.165, 1.54) is 0 Å². The number of nitrogens with one attached hydrogen (secondary N) is 1. The van der Waals surface area contributed by atoms with E-state index in [1.54, 1.807) is 24.1 Å². The average molecular weight is 228 g/mol. The summed E-state index contributed by atoms with van der Waals surface area (Å²) in [6, 6.07) is 0. The van der Waals surface area contributed by atoms with Crippen LogP contribution in [0.15, 0.2) is 17.7 Å². The van der Waals surface area contributed by atoms with Gasteiger partial charge in [-0.2, -0.15) is 10.1 Å². The zero-order valence-electron chi connectivity index (χ0n) is 7.75. The fraction of sp³-hybridized carbons (Fsp3) is 0.167. The second-order valence-electron chi connectivity index (χ2n) is 2.93. The summed E-state index contributed by atoms with van der Waals surface area (Å²) in [5.41, 5.74) is 0.476. The highest BCUT2D eigenvalue weighted by Gasteiger charge is 2.15. The van der Waals surface area contributed by atoms with Crippen molar-refractivity contribution in [2.45, 2.75) is 5.16 Å². The van der Waals surface area contributed by atoms with Crippen molar-refractivity contribution < 1.29 is 8.42 Å². The highest BCUT2D eigenvalue weighted by atomic mass is 32.2. The van der Waals surface area contributed by atoms with Crippen molar-refractivity contribution in [1.29, 1.82) is 0 Å². The van der Waals surface area contributed by atoms with E-state index in [0.717, 1.165) is 0 Å². The molecule has 8 nitrogen and oxygen atoms in total. The molecule has 2 rings (SSSR count). The lowest BCUT2D eigenvalue weighted by Gasteiger charge is -1.86. The Balaban J connectivity index is 2.44. The van der Waals surface area contributed by atoms with Gasteiger partial charge in [0.05, 0.1) is 6.33 Å². The Labute approximate surface area is 85.2 Å². The van der Waals surface area contributed by atoms with E-state index < -0.39 is 10.0 Å². The third-order valence-electron chi connectivity index (χ3n) is 1.67. The summed E-state index contributed by atoms with van der Waals surface area (Å²) < 4.78 is 23.5. The van der Waals surface area contributed by atoms with Gasteiger partial charge in [-0.3, -0.25) is 0 Å². The third-order valence-corrected chi connectivity index (χ3v) is 2.39. The number of nitrogens with zero attached hydrogens (tertiary/aromatic N) is 4. The monoisotopic (exact) mass is 228 g/mol. The molecule has 0 atom stereocenters. The molecule has 80 valence electrons. The van der Waals surface area contributed by atoms with Gasteiger partial charge in [-0.15, -0.1) is 0 Å². The molecule has 0 saturated heterocycles. The minimum Gasteiger partial charge on any atom is -0.340 e. The largest absolute Gasteiger partial charge is 0.340 e. The smallest absolute Gasteiger partial charge is 0.273 e. The standard InChI is InChI=1S/C6H8N6O2S/c1-12-2-4(8-3-12)5-9-6(11-10-5)15(7,13)14/h2-3H,1H3,(H2,7,13,14)(H,9,10,11). The lowest BCUT2D eigenvalue weighted by atomic mass is 10.5. The van der Waals surface area contributed by atoms with E-state index in [0.29, 0.717) is 5.69 Å². The molecule has 0 unspecified atom stereocenters. The molecular weight excluding hydrogens is 220 g/mol. The van der Waals surface area contributed by atoms with Crippen molar-refractivity contribution in [2.75, 3.05) is 0 Å². The van der Waals surface area contributed by atoms with Crippen LogP contribution in [0.3, 0.4) is 0 Å². The van der Waals surface area contributed by atoms with Crippen LogP contribution >= 0.6 is 0 Å². The Bertz CT molecular complexity index is 582. The van der Waals surface area contributed by atoms with Crippen LogP contribution in [0.2, 0.25) is 0 Å². The molecule has 0 fully saturated rings. The molecule has 0 spiro atoms. The van der Waals surface area contributed by atoms with Crippen molar-refractivity contribution in [2.24, 2.45) is 12.2 Å². The maximum atomic E-state index is 10.9. The molecule has 0 radical (unpaired) electrons.